The van der Waals surface area contributed by atoms with Crippen molar-refractivity contribution in [2.75, 3.05) is 33.2 Å². The minimum absolute atomic E-state index is 0.0517. The molecule has 19 heavy (non-hydrogen) atoms. The van der Waals surface area contributed by atoms with Gasteiger partial charge in [-0.15, -0.1) is 0 Å². The van der Waals surface area contributed by atoms with Crippen LogP contribution in [0.2, 0.25) is 0 Å². The summed E-state index contributed by atoms with van der Waals surface area (Å²) in [7, 11) is 2.09. The topological polar surface area (TPSA) is 72.9 Å². The van der Waals surface area contributed by atoms with Gasteiger partial charge < -0.3 is 20.2 Å². The lowest BCUT2D eigenvalue weighted by molar-refractivity contribution is -0.143. The summed E-state index contributed by atoms with van der Waals surface area (Å²) in [6, 6.07) is 0.393. The second-order valence-electron chi connectivity index (χ2n) is 5.56. The van der Waals surface area contributed by atoms with Gasteiger partial charge in [0, 0.05) is 25.7 Å². The second-order valence-corrected chi connectivity index (χ2v) is 5.56. The van der Waals surface area contributed by atoms with Crippen LogP contribution in [0.4, 0.5) is 4.79 Å². The molecule has 2 aliphatic rings. The van der Waals surface area contributed by atoms with E-state index >= 15 is 0 Å². The Bertz CT molecular complexity index is 340. The van der Waals surface area contributed by atoms with Crippen molar-refractivity contribution in [3.63, 3.8) is 0 Å². The second kappa shape index (κ2) is 6.23. The Morgan fingerprint density at radius 2 is 1.89 bits per heavy atom. The number of urea groups is 1. The number of aliphatic carboxylic acids is 1. The van der Waals surface area contributed by atoms with Crippen LogP contribution in [0.1, 0.15) is 25.7 Å². The first kappa shape index (κ1) is 14.1. The van der Waals surface area contributed by atoms with Crippen molar-refractivity contribution in [1.29, 1.82) is 0 Å². The predicted molar refractivity (Wildman–Crippen MR) is 71.0 cm³/mol. The fraction of sp³-hybridized carbons (Fsp3) is 0.846. The molecular weight excluding hydrogens is 246 g/mol. The number of carbonyl (C=O) groups is 2. The Kier molecular flexibility index (Phi) is 4.63. The van der Waals surface area contributed by atoms with Crippen LogP contribution in [-0.2, 0) is 4.79 Å². The van der Waals surface area contributed by atoms with Gasteiger partial charge in [0.2, 0.25) is 0 Å². The maximum absolute atomic E-state index is 12.0. The monoisotopic (exact) mass is 269 g/mol. The van der Waals surface area contributed by atoms with E-state index in [9.17, 15) is 9.59 Å². The maximum Gasteiger partial charge on any atom is 0.317 e. The van der Waals surface area contributed by atoms with E-state index in [-0.39, 0.29) is 11.9 Å². The van der Waals surface area contributed by atoms with Gasteiger partial charge >= 0.3 is 12.0 Å². The normalized spacial score (nSPS) is 25.5. The lowest BCUT2D eigenvalue weighted by atomic mass is 9.97. The number of carboxylic acids is 1. The fourth-order valence-corrected chi connectivity index (χ4v) is 2.88. The predicted octanol–water partition coefficient (Wildman–Crippen LogP) is 0.587. The van der Waals surface area contributed by atoms with Crippen LogP contribution >= 0.6 is 0 Å². The number of amides is 2. The number of piperidine rings is 1. The summed E-state index contributed by atoms with van der Waals surface area (Å²) >= 11 is 0. The van der Waals surface area contributed by atoms with Crippen molar-refractivity contribution in [2.45, 2.75) is 31.7 Å². The zero-order valence-electron chi connectivity index (χ0n) is 11.5. The van der Waals surface area contributed by atoms with Gasteiger partial charge in [-0.2, -0.15) is 0 Å². The van der Waals surface area contributed by atoms with Crippen molar-refractivity contribution < 1.29 is 14.7 Å². The first-order chi connectivity index (χ1) is 9.08. The number of likely N-dealkylation sites (N-methyl/N-ethyl adjacent to an activating group) is 1. The molecule has 2 N–H and O–H groups in total. The van der Waals surface area contributed by atoms with Crippen molar-refractivity contribution in [3.05, 3.63) is 0 Å². The van der Waals surface area contributed by atoms with E-state index < -0.39 is 5.97 Å². The summed E-state index contributed by atoms with van der Waals surface area (Å²) in [5.74, 6) is -1.03. The molecule has 108 valence electrons. The highest BCUT2D eigenvalue weighted by Gasteiger charge is 2.28. The average molecular weight is 269 g/mol. The molecule has 2 fully saturated rings. The minimum Gasteiger partial charge on any atom is -0.481 e. The van der Waals surface area contributed by atoms with Crippen molar-refractivity contribution >= 4 is 12.0 Å². The molecule has 0 aromatic heterocycles. The van der Waals surface area contributed by atoms with E-state index in [2.05, 4.69) is 17.3 Å². The highest BCUT2D eigenvalue weighted by molar-refractivity contribution is 5.75. The molecular formula is C13H23N3O3. The van der Waals surface area contributed by atoms with E-state index in [1.807, 2.05) is 0 Å². The third kappa shape index (κ3) is 3.59. The molecule has 6 heteroatoms. The van der Waals surface area contributed by atoms with E-state index in [0.717, 1.165) is 13.0 Å². The van der Waals surface area contributed by atoms with Crippen LogP contribution < -0.4 is 5.32 Å². The number of rotatable bonds is 3. The molecule has 2 saturated heterocycles. The van der Waals surface area contributed by atoms with E-state index in [1.54, 1.807) is 4.90 Å². The average Bonchev–Trinajstić information content (AvgIpc) is 2.81. The standard InChI is InChI=1S/C13H23N3O3/c1-15-6-2-3-11(15)9-14-13(19)16-7-4-10(5-8-16)12(17)18/h10-11H,2-9H2,1H3,(H,14,19)(H,17,18). The Labute approximate surface area is 113 Å². The summed E-state index contributed by atoms with van der Waals surface area (Å²) in [5.41, 5.74) is 0. The van der Waals surface area contributed by atoms with Gasteiger partial charge in [-0.3, -0.25) is 4.79 Å². The van der Waals surface area contributed by atoms with Gasteiger partial charge in [-0.25, -0.2) is 4.79 Å². The van der Waals surface area contributed by atoms with Crippen LogP contribution in [0, 0.1) is 5.92 Å². The molecule has 0 aliphatic carbocycles. The molecule has 2 aliphatic heterocycles. The smallest absolute Gasteiger partial charge is 0.317 e. The molecule has 0 bridgehead atoms. The lowest BCUT2D eigenvalue weighted by Gasteiger charge is -2.31. The number of carbonyl (C=O) groups excluding carboxylic acids is 1. The Balaban J connectivity index is 1.71. The molecule has 2 amide bonds. The van der Waals surface area contributed by atoms with Crippen molar-refractivity contribution in [1.82, 2.24) is 15.1 Å². The SMILES string of the molecule is CN1CCCC1CNC(=O)N1CCC(C(=O)O)CC1. The molecule has 6 nitrogen and oxygen atoms in total. The van der Waals surface area contributed by atoms with Crippen LogP contribution in [0.25, 0.3) is 0 Å². The molecule has 1 unspecified atom stereocenters. The van der Waals surface area contributed by atoms with Gasteiger partial charge in [-0.05, 0) is 39.3 Å². The van der Waals surface area contributed by atoms with E-state index in [1.165, 1.54) is 6.42 Å². The van der Waals surface area contributed by atoms with Crippen molar-refractivity contribution in [3.8, 4) is 0 Å². The molecule has 0 spiro atoms. The van der Waals surface area contributed by atoms with Gasteiger partial charge in [0.05, 0.1) is 5.92 Å². The fourth-order valence-electron chi connectivity index (χ4n) is 2.88. The Morgan fingerprint density at radius 1 is 1.21 bits per heavy atom. The quantitative estimate of drug-likeness (QED) is 0.786. The number of carboxylic acid groups (broad SMARTS) is 1. The summed E-state index contributed by atoms with van der Waals surface area (Å²) in [6.07, 6.45) is 3.46. The highest BCUT2D eigenvalue weighted by Crippen LogP contribution is 2.17. The summed E-state index contributed by atoms with van der Waals surface area (Å²) in [5, 5.41) is 11.9. The molecule has 0 saturated carbocycles. The molecule has 1 atom stereocenters. The Hall–Kier alpha value is -1.30. The van der Waals surface area contributed by atoms with Gasteiger partial charge in [0.1, 0.15) is 0 Å². The van der Waals surface area contributed by atoms with E-state index in [4.69, 9.17) is 5.11 Å². The molecule has 0 aromatic carbocycles. The number of likely N-dealkylation sites (tertiary alicyclic amines) is 2. The molecule has 2 rings (SSSR count). The summed E-state index contributed by atoms with van der Waals surface area (Å²) < 4.78 is 0. The minimum atomic E-state index is -0.743. The zero-order valence-corrected chi connectivity index (χ0v) is 11.5. The van der Waals surface area contributed by atoms with Crippen molar-refractivity contribution in [2.24, 2.45) is 5.92 Å². The van der Waals surface area contributed by atoms with Gasteiger partial charge in [0.15, 0.2) is 0 Å². The van der Waals surface area contributed by atoms with E-state index in [0.29, 0.717) is 38.5 Å². The number of nitrogens with zero attached hydrogens (tertiary/aromatic N) is 2. The first-order valence-corrected chi connectivity index (χ1v) is 7.03. The number of hydrogen-bond donors (Lipinski definition) is 2. The largest absolute Gasteiger partial charge is 0.481 e. The van der Waals surface area contributed by atoms with Crippen LogP contribution in [0.3, 0.4) is 0 Å². The molecule has 0 aromatic rings. The van der Waals surface area contributed by atoms with Gasteiger partial charge in [-0.1, -0.05) is 0 Å². The third-order valence-corrected chi connectivity index (χ3v) is 4.29. The molecule has 2 heterocycles. The van der Waals surface area contributed by atoms with Crippen LogP contribution in [-0.4, -0.2) is 66.2 Å². The number of hydrogen-bond acceptors (Lipinski definition) is 3. The van der Waals surface area contributed by atoms with Gasteiger partial charge in [0.25, 0.3) is 0 Å². The summed E-state index contributed by atoms with van der Waals surface area (Å²) in [4.78, 5) is 26.8. The first-order valence-electron chi connectivity index (χ1n) is 7.03. The number of nitrogens with one attached hydrogen (secondary N) is 1. The summed E-state index contributed by atoms with van der Waals surface area (Å²) in [6.45, 7) is 2.88. The molecule has 0 radical (unpaired) electrons. The van der Waals surface area contributed by atoms with Crippen LogP contribution in [0.5, 0.6) is 0 Å². The van der Waals surface area contributed by atoms with Crippen LogP contribution in [0.15, 0.2) is 0 Å². The Morgan fingerprint density at radius 3 is 2.42 bits per heavy atom. The zero-order chi connectivity index (χ0) is 13.8. The maximum atomic E-state index is 12.0. The third-order valence-electron chi connectivity index (χ3n) is 4.29. The highest BCUT2D eigenvalue weighted by atomic mass is 16.4. The lowest BCUT2D eigenvalue weighted by Crippen LogP contribution is -2.48.